The van der Waals surface area contributed by atoms with Gasteiger partial charge in [0.2, 0.25) is 0 Å². The van der Waals surface area contributed by atoms with Crippen LogP contribution in [0.4, 0.5) is 11.4 Å². The number of hydrogen-bond donors (Lipinski definition) is 2. The molecule has 0 atom stereocenters. The molecule has 10 nitrogen and oxygen atoms in total. The maximum atomic E-state index is 13.4. The Morgan fingerprint density at radius 2 is 1.49 bits per heavy atom. The summed E-state index contributed by atoms with van der Waals surface area (Å²) in [5, 5.41) is 15.2. The first-order valence-corrected chi connectivity index (χ1v) is 18.2. The number of piperazine rings is 1. The zero-order valence-electron chi connectivity index (χ0n) is 29.7. The van der Waals surface area contributed by atoms with Crippen LogP contribution in [0.3, 0.4) is 0 Å². The number of ether oxygens (including phenoxy) is 1. The van der Waals surface area contributed by atoms with Crippen LogP contribution < -0.4 is 25.2 Å². The van der Waals surface area contributed by atoms with E-state index in [0.717, 1.165) is 70.0 Å². The lowest BCUT2D eigenvalue weighted by Gasteiger charge is -2.63. The van der Waals surface area contributed by atoms with Gasteiger partial charge >= 0.3 is 0 Å². The van der Waals surface area contributed by atoms with Gasteiger partial charge in [-0.1, -0.05) is 39.3 Å². The number of piperidine rings is 1. The molecule has 0 unspecified atom stereocenters. The van der Waals surface area contributed by atoms with E-state index in [0.29, 0.717) is 38.9 Å². The van der Waals surface area contributed by atoms with Crippen molar-refractivity contribution in [3.63, 3.8) is 0 Å². The van der Waals surface area contributed by atoms with Crippen molar-refractivity contribution in [2.75, 3.05) is 55.6 Å². The number of rotatable bonds is 8. The van der Waals surface area contributed by atoms with E-state index < -0.39 is 0 Å². The first-order valence-electron chi connectivity index (χ1n) is 17.8. The van der Waals surface area contributed by atoms with Gasteiger partial charge in [0.25, 0.3) is 17.7 Å². The molecule has 4 aliphatic rings. The molecule has 0 aromatic heterocycles. The molecular formula is C40H45ClN6O4. The van der Waals surface area contributed by atoms with Gasteiger partial charge in [-0.25, -0.2) is 0 Å². The lowest BCUT2D eigenvalue weighted by molar-refractivity contribution is -0.164. The third-order valence-electron chi connectivity index (χ3n) is 11.5. The second kappa shape index (κ2) is 13.5. The van der Waals surface area contributed by atoms with Crippen molar-refractivity contribution in [1.82, 2.24) is 15.5 Å². The lowest BCUT2D eigenvalue weighted by atomic mass is 9.49. The molecule has 3 heterocycles. The van der Waals surface area contributed by atoms with Crippen LogP contribution in [-0.4, -0.2) is 80.6 Å². The minimum Gasteiger partial charge on any atom is -0.489 e. The summed E-state index contributed by atoms with van der Waals surface area (Å²) in [6, 6.07) is 20.6. The third-order valence-corrected chi connectivity index (χ3v) is 11.8. The lowest BCUT2D eigenvalue weighted by Crippen LogP contribution is -2.74. The molecule has 2 saturated heterocycles. The Morgan fingerprint density at radius 1 is 0.863 bits per heavy atom. The molecule has 7 rings (SSSR count). The Morgan fingerprint density at radius 3 is 2.14 bits per heavy atom. The van der Waals surface area contributed by atoms with Crippen molar-refractivity contribution in [3.8, 4) is 11.8 Å². The van der Waals surface area contributed by atoms with Crippen LogP contribution in [0, 0.1) is 28.1 Å². The summed E-state index contributed by atoms with van der Waals surface area (Å²) in [4.78, 5) is 44.7. The van der Waals surface area contributed by atoms with Gasteiger partial charge in [0.1, 0.15) is 17.9 Å². The molecule has 2 N–H and O–H groups in total. The van der Waals surface area contributed by atoms with E-state index >= 15 is 0 Å². The molecule has 3 aromatic carbocycles. The Bertz CT molecular complexity index is 1870. The van der Waals surface area contributed by atoms with Crippen LogP contribution in [0.25, 0.3) is 0 Å². The fourth-order valence-electron chi connectivity index (χ4n) is 8.91. The highest BCUT2D eigenvalue weighted by molar-refractivity contribution is 6.31. The predicted molar refractivity (Wildman–Crippen MR) is 198 cm³/mol. The van der Waals surface area contributed by atoms with Crippen LogP contribution in [0.2, 0.25) is 5.02 Å². The summed E-state index contributed by atoms with van der Waals surface area (Å²) in [7, 11) is 0. The fourth-order valence-corrected chi connectivity index (χ4v) is 9.13. The van der Waals surface area contributed by atoms with Crippen LogP contribution in [0.5, 0.6) is 5.75 Å². The number of amides is 3. The van der Waals surface area contributed by atoms with E-state index in [1.54, 1.807) is 24.3 Å². The average molecular weight is 709 g/mol. The summed E-state index contributed by atoms with van der Waals surface area (Å²) < 4.78 is 6.38. The van der Waals surface area contributed by atoms with Gasteiger partial charge in [0, 0.05) is 85.7 Å². The second-order valence-electron chi connectivity index (χ2n) is 15.6. The smallest absolute Gasteiger partial charge is 0.259 e. The first-order chi connectivity index (χ1) is 24.3. The van der Waals surface area contributed by atoms with Crippen molar-refractivity contribution in [1.29, 1.82) is 5.26 Å². The molecule has 1 saturated carbocycles. The minimum atomic E-state index is -0.332. The number of anilines is 2. The Balaban J connectivity index is 0.870. The van der Waals surface area contributed by atoms with E-state index in [1.807, 2.05) is 24.3 Å². The largest absolute Gasteiger partial charge is 0.489 e. The molecule has 51 heavy (non-hydrogen) atoms. The van der Waals surface area contributed by atoms with E-state index in [9.17, 15) is 19.6 Å². The van der Waals surface area contributed by atoms with Gasteiger partial charge < -0.3 is 19.9 Å². The number of carbonyl (C=O) groups is 3. The number of nitriles is 1. The first kappa shape index (κ1) is 34.8. The summed E-state index contributed by atoms with van der Waals surface area (Å²) in [5.74, 6) is 0.533. The zero-order valence-corrected chi connectivity index (χ0v) is 30.4. The number of benzene rings is 3. The molecule has 3 fully saturated rings. The number of imide groups is 1. The van der Waals surface area contributed by atoms with Gasteiger partial charge in [-0.2, -0.15) is 5.26 Å². The maximum Gasteiger partial charge on any atom is 0.259 e. The molecule has 0 spiro atoms. The molecule has 3 amide bonds. The zero-order chi connectivity index (χ0) is 36.1. The third kappa shape index (κ3) is 6.65. The number of carbonyl (C=O) groups excluding carboxylic acids is 3. The summed E-state index contributed by atoms with van der Waals surface area (Å²) in [6.45, 7) is 15.2. The Kier molecular flexibility index (Phi) is 9.23. The molecule has 3 aliphatic heterocycles. The number of hydrogen-bond acceptors (Lipinski definition) is 8. The molecule has 1 aliphatic carbocycles. The topological polar surface area (TPSA) is 118 Å². The van der Waals surface area contributed by atoms with Crippen molar-refractivity contribution >= 4 is 40.7 Å². The molecule has 11 heteroatoms. The number of fused-ring (bicyclic) bond motifs is 1. The Labute approximate surface area is 304 Å². The van der Waals surface area contributed by atoms with Crippen molar-refractivity contribution in [3.05, 3.63) is 87.9 Å². The standard InChI is InChI=1S/C40H45ClN6O4/c1-39(2)37(40(3,4)38(39)51-30-11-7-27(23-42)33(41)22-30)44-34(48)26-5-8-28(9-6-26)46-15-13-25(14-16-46)24-45-17-19-47(20-18-45)29-10-12-31-32(21-29)36(50)43-35(31)49/h5-12,21-22,25,37-38H,13-20,24H2,1-4H3,(H,44,48)(H,43,49,50). The van der Waals surface area contributed by atoms with E-state index in [2.05, 4.69) is 71.2 Å². The van der Waals surface area contributed by atoms with Crippen molar-refractivity contribution in [2.45, 2.75) is 52.7 Å². The second-order valence-corrected chi connectivity index (χ2v) is 16.0. The van der Waals surface area contributed by atoms with Gasteiger partial charge in [-0.3, -0.25) is 24.6 Å². The Hall–Kier alpha value is -4.59. The van der Waals surface area contributed by atoms with Gasteiger partial charge in [0.15, 0.2) is 0 Å². The van der Waals surface area contributed by atoms with Crippen molar-refractivity contribution in [2.24, 2.45) is 16.7 Å². The highest BCUT2D eigenvalue weighted by atomic mass is 35.5. The minimum absolute atomic E-state index is 0.0943. The van der Waals surface area contributed by atoms with Crippen LogP contribution >= 0.6 is 11.6 Å². The van der Waals surface area contributed by atoms with Crippen LogP contribution in [0.1, 0.15) is 77.2 Å². The SMILES string of the molecule is CC1(C)C(NC(=O)c2ccc(N3CCC(CN4CCN(c5ccc6c(c5)C(=O)NC6=O)CC4)CC3)cc2)C(C)(C)C1Oc1ccc(C#N)c(Cl)c1. The monoisotopic (exact) mass is 708 g/mol. The number of nitrogens with zero attached hydrogens (tertiary/aromatic N) is 4. The summed E-state index contributed by atoms with van der Waals surface area (Å²) in [5.41, 5.74) is 3.45. The quantitative estimate of drug-likeness (QED) is 0.285. The highest BCUT2D eigenvalue weighted by Crippen LogP contribution is 2.55. The summed E-state index contributed by atoms with van der Waals surface area (Å²) >= 11 is 6.24. The molecule has 266 valence electrons. The van der Waals surface area contributed by atoms with E-state index in [-0.39, 0.29) is 40.7 Å². The molecule has 3 aromatic rings. The maximum absolute atomic E-state index is 13.4. The number of nitrogens with one attached hydrogen (secondary N) is 2. The van der Waals surface area contributed by atoms with E-state index in [1.165, 1.54) is 0 Å². The van der Waals surface area contributed by atoms with Gasteiger partial charge in [-0.05, 0) is 73.4 Å². The number of halogens is 1. The highest BCUT2D eigenvalue weighted by Gasteiger charge is 2.64. The molecule has 0 radical (unpaired) electrons. The van der Waals surface area contributed by atoms with Gasteiger partial charge in [-0.15, -0.1) is 0 Å². The van der Waals surface area contributed by atoms with Crippen LogP contribution in [0.15, 0.2) is 60.7 Å². The normalized spacial score (nSPS) is 22.8. The summed E-state index contributed by atoms with van der Waals surface area (Å²) in [6.07, 6.45) is 2.09. The molecule has 0 bridgehead atoms. The predicted octanol–water partition coefficient (Wildman–Crippen LogP) is 5.75. The van der Waals surface area contributed by atoms with Crippen LogP contribution in [-0.2, 0) is 0 Å². The van der Waals surface area contributed by atoms with Gasteiger partial charge in [0.05, 0.1) is 21.7 Å². The fraction of sp³-hybridized carbons (Fsp3) is 0.450. The van der Waals surface area contributed by atoms with Crippen molar-refractivity contribution < 1.29 is 19.1 Å². The average Bonchev–Trinajstić information content (AvgIpc) is 3.41. The van der Waals surface area contributed by atoms with E-state index in [4.69, 9.17) is 16.3 Å². The molecular weight excluding hydrogens is 664 g/mol.